The van der Waals surface area contributed by atoms with Crippen molar-refractivity contribution in [3.05, 3.63) is 29.3 Å². The lowest BCUT2D eigenvalue weighted by Crippen LogP contribution is -2.28. The van der Waals surface area contributed by atoms with Crippen molar-refractivity contribution >= 4 is 0 Å². The van der Waals surface area contributed by atoms with Crippen molar-refractivity contribution in [2.75, 3.05) is 7.11 Å². The van der Waals surface area contributed by atoms with Gasteiger partial charge in [-0.2, -0.15) is 0 Å². The zero-order valence-corrected chi connectivity index (χ0v) is 10.5. The Hall–Kier alpha value is -1.20. The topological polar surface area (TPSA) is 44.5 Å². The molecule has 1 aromatic rings. The lowest BCUT2D eigenvalue weighted by atomic mass is 9.99. The van der Waals surface area contributed by atoms with Gasteiger partial charge in [0.25, 0.3) is 0 Å². The average Bonchev–Trinajstić information content (AvgIpc) is 2.74. The van der Waals surface area contributed by atoms with Crippen molar-refractivity contribution in [1.82, 2.24) is 0 Å². The highest BCUT2D eigenvalue weighted by molar-refractivity contribution is 5.33. The van der Waals surface area contributed by atoms with Crippen molar-refractivity contribution < 1.29 is 18.3 Å². The molecule has 2 rings (SSSR count). The molecular formula is C13H17F2NO2. The highest BCUT2D eigenvalue weighted by Gasteiger charge is 2.31. The quantitative estimate of drug-likeness (QED) is 0.905. The number of benzene rings is 1. The Balaban J connectivity index is 2.27. The highest BCUT2D eigenvalue weighted by Crippen LogP contribution is 2.32. The molecule has 1 aliphatic heterocycles. The summed E-state index contributed by atoms with van der Waals surface area (Å²) in [4.78, 5) is 0. The van der Waals surface area contributed by atoms with Gasteiger partial charge in [-0.1, -0.05) is 0 Å². The maximum atomic E-state index is 13.8. The van der Waals surface area contributed by atoms with Crippen LogP contribution in [0.3, 0.4) is 0 Å². The Morgan fingerprint density at radius 3 is 2.39 bits per heavy atom. The molecule has 0 aliphatic carbocycles. The van der Waals surface area contributed by atoms with Crippen molar-refractivity contribution in [2.45, 2.75) is 38.0 Å². The maximum Gasteiger partial charge on any atom is 0.134 e. The van der Waals surface area contributed by atoms with E-state index in [1.807, 2.05) is 6.92 Å². The first-order chi connectivity index (χ1) is 8.52. The van der Waals surface area contributed by atoms with E-state index in [0.717, 1.165) is 18.6 Å². The smallest absolute Gasteiger partial charge is 0.134 e. The van der Waals surface area contributed by atoms with Crippen molar-refractivity contribution in [2.24, 2.45) is 5.73 Å². The predicted octanol–water partition coefficient (Wildman–Crippen LogP) is 2.54. The summed E-state index contributed by atoms with van der Waals surface area (Å²) in [5, 5.41) is 0. The highest BCUT2D eigenvalue weighted by atomic mass is 19.1. The Morgan fingerprint density at radius 1 is 1.33 bits per heavy atom. The Labute approximate surface area is 105 Å². The first-order valence-electron chi connectivity index (χ1n) is 5.97. The van der Waals surface area contributed by atoms with Crippen LogP contribution in [0.4, 0.5) is 8.78 Å². The van der Waals surface area contributed by atoms with Gasteiger partial charge in [-0.3, -0.25) is 0 Å². The monoisotopic (exact) mass is 257 g/mol. The molecule has 1 aliphatic rings. The minimum Gasteiger partial charge on any atom is -0.497 e. The SMILES string of the molecule is COc1cc(F)c(C(N)C2CCC(C)O2)c(F)c1. The van der Waals surface area contributed by atoms with Crippen molar-refractivity contribution in [1.29, 1.82) is 0 Å². The fraction of sp³-hybridized carbons (Fsp3) is 0.538. The molecule has 18 heavy (non-hydrogen) atoms. The van der Waals surface area contributed by atoms with Crippen molar-refractivity contribution in [3.8, 4) is 5.75 Å². The Morgan fingerprint density at radius 2 is 1.94 bits per heavy atom. The molecule has 0 spiro atoms. The second kappa shape index (κ2) is 5.20. The van der Waals surface area contributed by atoms with E-state index in [2.05, 4.69) is 0 Å². The summed E-state index contributed by atoms with van der Waals surface area (Å²) in [7, 11) is 1.36. The molecular weight excluding hydrogens is 240 g/mol. The molecule has 1 saturated heterocycles. The first-order valence-corrected chi connectivity index (χ1v) is 5.97. The molecule has 2 N–H and O–H groups in total. The molecule has 0 radical (unpaired) electrons. The summed E-state index contributed by atoms with van der Waals surface area (Å²) in [6.07, 6.45) is 1.33. The number of ether oxygens (including phenoxy) is 2. The lowest BCUT2D eigenvalue weighted by molar-refractivity contribution is 0.0386. The van der Waals surface area contributed by atoms with Gasteiger partial charge in [0.1, 0.15) is 17.4 Å². The van der Waals surface area contributed by atoms with E-state index in [1.54, 1.807) is 0 Å². The molecule has 1 aromatic carbocycles. The van der Waals surface area contributed by atoms with Crippen LogP contribution in [0.5, 0.6) is 5.75 Å². The molecule has 3 nitrogen and oxygen atoms in total. The molecule has 3 atom stereocenters. The Bertz CT molecular complexity index is 416. The zero-order valence-electron chi connectivity index (χ0n) is 10.5. The molecule has 1 fully saturated rings. The number of rotatable bonds is 3. The molecule has 0 saturated carbocycles. The van der Waals surface area contributed by atoms with Gasteiger partial charge in [-0.25, -0.2) is 8.78 Å². The number of halogens is 2. The third-order valence-electron chi connectivity index (χ3n) is 3.29. The molecule has 1 heterocycles. The van der Waals surface area contributed by atoms with Gasteiger partial charge in [0.15, 0.2) is 0 Å². The van der Waals surface area contributed by atoms with Crippen LogP contribution in [0.1, 0.15) is 31.4 Å². The molecule has 0 amide bonds. The fourth-order valence-electron chi connectivity index (χ4n) is 2.28. The van der Waals surface area contributed by atoms with Gasteiger partial charge in [0.2, 0.25) is 0 Å². The summed E-state index contributed by atoms with van der Waals surface area (Å²) in [6.45, 7) is 1.92. The van der Waals surface area contributed by atoms with Crippen LogP contribution in [-0.2, 0) is 4.74 Å². The van der Waals surface area contributed by atoms with Gasteiger partial charge in [-0.15, -0.1) is 0 Å². The van der Waals surface area contributed by atoms with Crippen molar-refractivity contribution in [3.63, 3.8) is 0 Å². The zero-order chi connectivity index (χ0) is 13.3. The molecule has 5 heteroatoms. The lowest BCUT2D eigenvalue weighted by Gasteiger charge is -2.21. The average molecular weight is 257 g/mol. The van der Waals surface area contributed by atoms with Crippen LogP contribution in [0.15, 0.2) is 12.1 Å². The normalized spacial score (nSPS) is 25.2. The van der Waals surface area contributed by atoms with Crippen LogP contribution in [-0.4, -0.2) is 19.3 Å². The van der Waals surface area contributed by atoms with E-state index >= 15 is 0 Å². The Kier molecular flexibility index (Phi) is 3.82. The van der Waals surface area contributed by atoms with Crippen LogP contribution >= 0.6 is 0 Å². The van der Waals surface area contributed by atoms with E-state index in [1.165, 1.54) is 7.11 Å². The second-order valence-corrected chi connectivity index (χ2v) is 4.59. The van der Waals surface area contributed by atoms with Gasteiger partial charge < -0.3 is 15.2 Å². The summed E-state index contributed by atoms with van der Waals surface area (Å²) in [6, 6.07) is 1.48. The maximum absolute atomic E-state index is 13.8. The number of nitrogens with two attached hydrogens (primary N) is 1. The molecule has 0 aromatic heterocycles. The minimum absolute atomic E-state index is 0.0884. The fourth-order valence-corrected chi connectivity index (χ4v) is 2.28. The number of hydrogen-bond acceptors (Lipinski definition) is 3. The van der Waals surface area contributed by atoms with E-state index in [-0.39, 0.29) is 23.5 Å². The molecule has 0 bridgehead atoms. The van der Waals surface area contributed by atoms with Gasteiger partial charge in [-0.05, 0) is 19.8 Å². The number of hydrogen-bond donors (Lipinski definition) is 1. The predicted molar refractivity (Wildman–Crippen MR) is 63.4 cm³/mol. The number of methoxy groups -OCH3 is 1. The van der Waals surface area contributed by atoms with Crippen LogP contribution < -0.4 is 10.5 Å². The van der Waals surface area contributed by atoms with Crippen LogP contribution in [0, 0.1) is 11.6 Å². The van der Waals surface area contributed by atoms with E-state index in [4.69, 9.17) is 15.2 Å². The summed E-state index contributed by atoms with van der Waals surface area (Å²) < 4.78 is 38.0. The van der Waals surface area contributed by atoms with E-state index in [9.17, 15) is 8.78 Å². The van der Waals surface area contributed by atoms with Crippen LogP contribution in [0.25, 0.3) is 0 Å². The largest absolute Gasteiger partial charge is 0.497 e. The minimum atomic E-state index is -0.791. The summed E-state index contributed by atoms with van der Waals surface area (Å²) >= 11 is 0. The van der Waals surface area contributed by atoms with Gasteiger partial charge in [0, 0.05) is 17.7 Å². The van der Waals surface area contributed by atoms with E-state index < -0.39 is 17.7 Å². The van der Waals surface area contributed by atoms with Gasteiger partial charge >= 0.3 is 0 Å². The third kappa shape index (κ3) is 2.47. The standard InChI is InChI=1S/C13H17F2NO2/c1-7-3-4-11(18-7)13(16)12-9(14)5-8(17-2)6-10(12)15/h5-7,11,13H,3-4,16H2,1-2H3. The third-order valence-corrected chi connectivity index (χ3v) is 3.29. The molecule has 100 valence electrons. The van der Waals surface area contributed by atoms with Gasteiger partial charge in [0.05, 0.1) is 25.4 Å². The summed E-state index contributed by atoms with van der Waals surface area (Å²) in [5.74, 6) is -1.24. The van der Waals surface area contributed by atoms with Crippen LogP contribution in [0.2, 0.25) is 0 Å². The first kappa shape index (κ1) is 13.2. The van der Waals surface area contributed by atoms with E-state index in [0.29, 0.717) is 6.42 Å². The summed E-state index contributed by atoms with van der Waals surface area (Å²) in [5.41, 5.74) is 5.78. The molecule has 3 unspecified atom stereocenters. The second-order valence-electron chi connectivity index (χ2n) is 4.59.